The number of hydrogen-bond acceptors (Lipinski definition) is 4. The molecule has 0 fully saturated rings. The molecule has 1 aromatic carbocycles. The lowest BCUT2D eigenvalue weighted by Crippen LogP contribution is -1.99. The minimum Gasteiger partial charge on any atom is -0.504 e. The van der Waals surface area contributed by atoms with Crippen molar-refractivity contribution < 1.29 is 19.4 Å². The van der Waals surface area contributed by atoms with Crippen molar-refractivity contribution in [1.82, 2.24) is 0 Å². The third kappa shape index (κ3) is 2.39. The third-order valence-electron chi connectivity index (χ3n) is 1.73. The zero-order valence-corrected chi connectivity index (χ0v) is 8.11. The first-order chi connectivity index (χ1) is 6.65. The van der Waals surface area contributed by atoms with E-state index in [2.05, 4.69) is 0 Å². The standard InChI is InChI=1S/C10H12O4/c1-7(11)14-6-8-4-3-5-9(13-2)10(8)12/h3-5,12H,6H2,1-2H3. The van der Waals surface area contributed by atoms with E-state index in [0.717, 1.165) is 0 Å². The van der Waals surface area contributed by atoms with Crippen molar-refractivity contribution in [2.45, 2.75) is 13.5 Å². The van der Waals surface area contributed by atoms with E-state index < -0.39 is 0 Å². The van der Waals surface area contributed by atoms with Crippen LogP contribution in [0.15, 0.2) is 18.2 Å². The molecule has 1 N–H and O–H groups in total. The molecule has 4 heteroatoms. The number of phenols is 1. The summed E-state index contributed by atoms with van der Waals surface area (Å²) in [4.78, 5) is 10.5. The number of benzene rings is 1. The number of esters is 1. The van der Waals surface area contributed by atoms with Gasteiger partial charge in [0.1, 0.15) is 6.61 Å². The van der Waals surface area contributed by atoms with E-state index in [-0.39, 0.29) is 18.3 Å². The van der Waals surface area contributed by atoms with Crippen LogP contribution in [-0.2, 0) is 16.1 Å². The summed E-state index contributed by atoms with van der Waals surface area (Å²) in [7, 11) is 1.46. The molecule has 0 saturated carbocycles. The number of rotatable bonds is 3. The fourth-order valence-electron chi connectivity index (χ4n) is 1.03. The molecule has 0 amide bonds. The van der Waals surface area contributed by atoms with Crippen LogP contribution in [0.25, 0.3) is 0 Å². The van der Waals surface area contributed by atoms with E-state index in [1.165, 1.54) is 14.0 Å². The number of methoxy groups -OCH3 is 1. The van der Waals surface area contributed by atoms with Gasteiger partial charge in [0.15, 0.2) is 11.5 Å². The van der Waals surface area contributed by atoms with Crippen LogP contribution in [0, 0.1) is 0 Å². The number of aromatic hydroxyl groups is 1. The fraction of sp³-hybridized carbons (Fsp3) is 0.300. The summed E-state index contributed by atoms with van der Waals surface area (Å²) < 4.78 is 9.66. The van der Waals surface area contributed by atoms with Crippen LogP contribution >= 0.6 is 0 Å². The van der Waals surface area contributed by atoms with Gasteiger partial charge in [0.25, 0.3) is 0 Å². The number of ether oxygens (including phenoxy) is 2. The highest BCUT2D eigenvalue weighted by Gasteiger charge is 2.07. The molecule has 0 bridgehead atoms. The van der Waals surface area contributed by atoms with Gasteiger partial charge >= 0.3 is 5.97 Å². The van der Waals surface area contributed by atoms with Gasteiger partial charge in [0.05, 0.1) is 7.11 Å². The molecule has 0 aliphatic carbocycles. The van der Waals surface area contributed by atoms with Gasteiger partial charge in [-0.2, -0.15) is 0 Å². The van der Waals surface area contributed by atoms with Gasteiger partial charge in [-0.25, -0.2) is 0 Å². The Morgan fingerprint density at radius 1 is 1.50 bits per heavy atom. The normalized spacial score (nSPS) is 9.57. The predicted octanol–water partition coefficient (Wildman–Crippen LogP) is 1.46. The third-order valence-corrected chi connectivity index (χ3v) is 1.73. The molecule has 0 unspecified atom stereocenters. The summed E-state index contributed by atoms with van der Waals surface area (Å²) in [5.41, 5.74) is 0.527. The number of para-hydroxylation sites is 1. The van der Waals surface area contributed by atoms with Crippen LogP contribution in [0.4, 0.5) is 0 Å². The summed E-state index contributed by atoms with van der Waals surface area (Å²) in [6.07, 6.45) is 0. The van der Waals surface area contributed by atoms with E-state index in [1.54, 1.807) is 18.2 Å². The Balaban J connectivity index is 2.81. The molecular weight excluding hydrogens is 184 g/mol. The molecule has 76 valence electrons. The van der Waals surface area contributed by atoms with E-state index in [4.69, 9.17) is 9.47 Å². The van der Waals surface area contributed by atoms with Gasteiger partial charge < -0.3 is 14.6 Å². The molecule has 0 aromatic heterocycles. The Kier molecular flexibility index (Phi) is 3.34. The zero-order valence-electron chi connectivity index (χ0n) is 8.11. The van der Waals surface area contributed by atoms with E-state index >= 15 is 0 Å². The molecule has 14 heavy (non-hydrogen) atoms. The minimum absolute atomic E-state index is 0.0104. The molecule has 4 nitrogen and oxygen atoms in total. The highest BCUT2D eigenvalue weighted by atomic mass is 16.5. The van der Waals surface area contributed by atoms with Crippen molar-refractivity contribution in [2.75, 3.05) is 7.11 Å². The van der Waals surface area contributed by atoms with Crippen molar-refractivity contribution in [3.05, 3.63) is 23.8 Å². The summed E-state index contributed by atoms with van der Waals surface area (Å²) in [5.74, 6) is -0.00174. The number of hydrogen-bond donors (Lipinski definition) is 1. The Morgan fingerprint density at radius 2 is 2.21 bits per heavy atom. The molecule has 0 saturated heterocycles. The molecular formula is C10H12O4. The molecule has 0 spiro atoms. The maximum absolute atomic E-state index is 10.5. The molecule has 0 aliphatic heterocycles. The molecule has 0 atom stereocenters. The molecule has 1 aromatic rings. The van der Waals surface area contributed by atoms with E-state index in [0.29, 0.717) is 11.3 Å². The Bertz CT molecular complexity index is 333. The summed E-state index contributed by atoms with van der Waals surface area (Å²) >= 11 is 0. The van der Waals surface area contributed by atoms with Gasteiger partial charge in [-0.1, -0.05) is 12.1 Å². The second-order valence-electron chi connectivity index (χ2n) is 2.75. The SMILES string of the molecule is COc1cccc(COC(C)=O)c1O. The Hall–Kier alpha value is -1.71. The summed E-state index contributed by atoms with van der Waals surface area (Å²) in [5, 5.41) is 9.59. The number of carbonyl (C=O) groups excluding carboxylic acids is 1. The van der Waals surface area contributed by atoms with Crippen LogP contribution in [0.2, 0.25) is 0 Å². The summed E-state index contributed by atoms with van der Waals surface area (Å²) in [6.45, 7) is 1.37. The molecule has 1 rings (SSSR count). The summed E-state index contributed by atoms with van der Waals surface area (Å²) in [6, 6.07) is 5.02. The lowest BCUT2D eigenvalue weighted by Gasteiger charge is -2.08. The minimum atomic E-state index is -0.382. The van der Waals surface area contributed by atoms with Gasteiger partial charge in [0.2, 0.25) is 0 Å². The van der Waals surface area contributed by atoms with Gasteiger partial charge in [-0.3, -0.25) is 4.79 Å². The average Bonchev–Trinajstić information content (AvgIpc) is 2.16. The number of phenolic OH excluding ortho intramolecular Hbond substituents is 1. The molecule has 0 aliphatic rings. The highest BCUT2D eigenvalue weighted by molar-refractivity contribution is 5.66. The quantitative estimate of drug-likeness (QED) is 0.743. The molecule has 0 heterocycles. The van der Waals surface area contributed by atoms with Gasteiger partial charge in [-0.05, 0) is 6.07 Å². The first-order valence-electron chi connectivity index (χ1n) is 4.13. The van der Waals surface area contributed by atoms with Crippen molar-refractivity contribution in [1.29, 1.82) is 0 Å². The van der Waals surface area contributed by atoms with Crippen LogP contribution in [-0.4, -0.2) is 18.2 Å². The van der Waals surface area contributed by atoms with Crippen LogP contribution < -0.4 is 4.74 Å². The highest BCUT2D eigenvalue weighted by Crippen LogP contribution is 2.29. The monoisotopic (exact) mass is 196 g/mol. The van der Waals surface area contributed by atoms with E-state index in [9.17, 15) is 9.90 Å². The van der Waals surface area contributed by atoms with Crippen molar-refractivity contribution in [2.24, 2.45) is 0 Å². The fourth-order valence-corrected chi connectivity index (χ4v) is 1.03. The lowest BCUT2D eigenvalue weighted by molar-refractivity contribution is -0.142. The maximum Gasteiger partial charge on any atom is 0.302 e. The Morgan fingerprint density at radius 3 is 2.79 bits per heavy atom. The van der Waals surface area contributed by atoms with Crippen molar-refractivity contribution in [3.63, 3.8) is 0 Å². The average molecular weight is 196 g/mol. The topological polar surface area (TPSA) is 55.8 Å². The maximum atomic E-state index is 10.5. The zero-order chi connectivity index (χ0) is 10.6. The van der Waals surface area contributed by atoms with Crippen LogP contribution in [0.3, 0.4) is 0 Å². The second-order valence-corrected chi connectivity index (χ2v) is 2.75. The Labute approximate surface area is 82.1 Å². The largest absolute Gasteiger partial charge is 0.504 e. The van der Waals surface area contributed by atoms with Crippen molar-refractivity contribution in [3.8, 4) is 11.5 Å². The first kappa shape index (κ1) is 10.4. The van der Waals surface area contributed by atoms with Gasteiger partial charge in [-0.15, -0.1) is 0 Å². The second kappa shape index (κ2) is 4.50. The predicted molar refractivity (Wildman–Crippen MR) is 50.1 cm³/mol. The molecule has 0 radical (unpaired) electrons. The first-order valence-corrected chi connectivity index (χ1v) is 4.13. The van der Waals surface area contributed by atoms with E-state index in [1.807, 2.05) is 0 Å². The van der Waals surface area contributed by atoms with Crippen LogP contribution in [0.1, 0.15) is 12.5 Å². The van der Waals surface area contributed by atoms with Crippen LogP contribution in [0.5, 0.6) is 11.5 Å². The van der Waals surface area contributed by atoms with Gasteiger partial charge in [0, 0.05) is 12.5 Å². The smallest absolute Gasteiger partial charge is 0.302 e. The van der Waals surface area contributed by atoms with Crippen molar-refractivity contribution >= 4 is 5.97 Å². The number of carbonyl (C=O) groups is 1. The lowest BCUT2D eigenvalue weighted by atomic mass is 10.2.